The number of halogens is 3. The van der Waals surface area contributed by atoms with E-state index < -0.39 is 17.7 Å². The van der Waals surface area contributed by atoms with Gasteiger partial charge in [-0.25, -0.2) is 9.97 Å². The van der Waals surface area contributed by atoms with Crippen molar-refractivity contribution in [1.29, 1.82) is 0 Å². The molecule has 9 nitrogen and oxygen atoms in total. The number of alkyl halides is 3. The maximum atomic E-state index is 14.1. The van der Waals surface area contributed by atoms with Gasteiger partial charge in [-0.15, -0.1) is 11.3 Å². The number of carboxylic acids is 1. The molecule has 244 valence electrons. The standard InChI is InChI=1S/C32H41F3N6O3S/c1-3-16-44-26-8-7-22(17-25(26)32(33,34)35)29-27(20-41-13-5-6-24(41)4-2)45-31(39-29)36-12-9-23-18-38-28(19-37-23)40-14-10-21(11-15-40)30(42)43/h7-8,17-19,21,24H,3-6,9-16,20H2,1-2H3,(H,36,39)(H,42,43)/t24-/m1/s1. The topological polar surface area (TPSA) is 104 Å². The van der Waals surface area contributed by atoms with E-state index in [2.05, 4.69) is 32.0 Å². The van der Waals surface area contributed by atoms with Crippen LogP contribution in [0.1, 0.15) is 68.5 Å². The number of hydrogen-bond donors (Lipinski definition) is 2. The Labute approximate surface area is 265 Å². The average Bonchev–Trinajstić information content (AvgIpc) is 3.66. The Morgan fingerprint density at radius 1 is 1.13 bits per heavy atom. The number of carboxylic acid groups (broad SMARTS) is 1. The van der Waals surface area contributed by atoms with E-state index in [1.807, 2.05) is 6.92 Å². The molecule has 0 radical (unpaired) electrons. The first-order valence-electron chi connectivity index (χ1n) is 15.8. The lowest BCUT2D eigenvalue weighted by atomic mass is 9.97. The molecule has 2 aliphatic rings. The number of aromatic nitrogens is 3. The fourth-order valence-electron chi connectivity index (χ4n) is 6.04. The van der Waals surface area contributed by atoms with E-state index in [1.54, 1.807) is 18.5 Å². The molecular formula is C32H41F3N6O3S. The predicted octanol–water partition coefficient (Wildman–Crippen LogP) is 6.74. The SMILES string of the molecule is CCCOc1ccc(-c2nc(NCCc3cnc(N4CCC(C(=O)O)CC4)cn3)sc2CN2CCC[C@H]2CC)cc1C(F)(F)F. The van der Waals surface area contributed by atoms with Crippen LogP contribution in [0.15, 0.2) is 30.6 Å². The van der Waals surface area contributed by atoms with Crippen molar-refractivity contribution in [1.82, 2.24) is 19.9 Å². The van der Waals surface area contributed by atoms with Gasteiger partial charge in [0.15, 0.2) is 5.13 Å². The zero-order chi connectivity index (χ0) is 32.0. The molecule has 13 heteroatoms. The van der Waals surface area contributed by atoms with Crippen LogP contribution in [0.4, 0.5) is 24.1 Å². The van der Waals surface area contributed by atoms with Gasteiger partial charge in [0.1, 0.15) is 11.6 Å². The van der Waals surface area contributed by atoms with Crippen LogP contribution < -0.4 is 15.0 Å². The number of nitrogens with one attached hydrogen (secondary N) is 1. The molecule has 0 spiro atoms. The van der Waals surface area contributed by atoms with E-state index in [-0.39, 0.29) is 18.3 Å². The number of ether oxygens (including phenoxy) is 1. The van der Waals surface area contributed by atoms with Crippen molar-refractivity contribution in [3.05, 3.63) is 46.7 Å². The number of piperidine rings is 1. The summed E-state index contributed by atoms with van der Waals surface area (Å²) >= 11 is 1.48. The maximum absolute atomic E-state index is 14.1. The summed E-state index contributed by atoms with van der Waals surface area (Å²) in [5.74, 6) is -0.474. The number of benzene rings is 1. The van der Waals surface area contributed by atoms with Crippen LogP contribution in [0.2, 0.25) is 0 Å². The molecule has 2 fully saturated rings. The molecular weight excluding hydrogens is 605 g/mol. The molecule has 0 bridgehead atoms. The Balaban J connectivity index is 1.29. The smallest absolute Gasteiger partial charge is 0.419 e. The van der Waals surface area contributed by atoms with Crippen molar-refractivity contribution in [2.75, 3.05) is 43.0 Å². The van der Waals surface area contributed by atoms with E-state index in [0.29, 0.717) is 74.3 Å². The number of thiazole rings is 1. The number of likely N-dealkylation sites (tertiary alicyclic amines) is 1. The van der Waals surface area contributed by atoms with Crippen LogP contribution >= 0.6 is 11.3 Å². The largest absolute Gasteiger partial charge is 0.493 e. The van der Waals surface area contributed by atoms with Crippen LogP contribution in [0.3, 0.4) is 0 Å². The highest BCUT2D eigenvalue weighted by Gasteiger charge is 2.35. The van der Waals surface area contributed by atoms with Gasteiger partial charge in [-0.1, -0.05) is 13.8 Å². The first kappa shape index (κ1) is 32.9. The molecule has 2 saturated heterocycles. The summed E-state index contributed by atoms with van der Waals surface area (Å²) < 4.78 is 47.6. The number of hydrogen-bond acceptors (Lipinski definition) is 9. The molecule has 2 aliphatic heterocycles. The molecule has 0 aliphatic carbocycles. The molecule has 0 saturated carbocycles. The Morgan fingerprint density at radius 3 is 2.60 bits per heavy atom. The van der Waals surface area contributed by atoms with Crippen molar-refractivity contribution >= 4 is 28.3 Å². The van der Waals surface area contributed by atoms with Gasteiger partial charge in [0.05, 0.1) is 41.9 Å². The summed E-state index contributed by atoms with van der Waals surface area (Å²) in [5, 5.41) is 13.2. The van der Waals surface area contributed by atoms with Crippen molar-refractivity contribution in [2.45, 2.75) is 77.6 Å². The lowest BCUT2D eigenvalue weighted by Crippen LogP contribution is -2.36. The third kappa shape index (κ3) is 8.23. The number of nitrogens with zero attached hydrogens (tertiary/aromatic N) is 5. The van der Waals surface area contributed by atoms with Crippen LogP contribution in [0, 0.1) is 5.92 Å². The van der Waals surface area contributed by atoms with E-state index in [1.165, 1.54) is 17.4 Å². The number of carbonyl (C=O) groups is 1. The third-order valence-electron chi connectivity index (χ3n) is 8.55. The van der Waals surface area contributed by atoms with Gasteiger partial charge in [0.2, 0.25) is 0 Å². The monoisotopic (exact) mass is 646 g/mol. The van der Waals surface area contributed by atoms with E-state index in [4.69, 9.17) is 9.72 Å². The minimum atomic E-state index is -4.55. The molecule has 45 heavy (non-hydrogen) atoms. The quantitative estimate of drug-likeness (QED) is 0.209. The number of rotatable bonds is 13. The van der Waals surface area contributed by atoms with Gasteiger partial charge < -0.3 is 20.1 Å². The second-order valence-electron chi connectivity index (χ2n) is 11.7. The van der Waals surface area contributed by atoms with Crippen LogP contribution in [0.25, 0.3) is 11.3 Å². The van der Waals surface area contributed by atoms with E-state index in [9.17, 15) is 23.1 Å². The van der Waals surface area contributed by atoms with E-state index >= 15 is 0 Å². The minimum Gasteiger partial charge on any atom is -0.493 e. The van der Waals surface area contributed by atoms with Gasteiger partial charge in [-0.3, -0.25) is 14.7 Å². The number of anilines is 2. The molecule has 5 rings (SSSR count). The lowest BCUT2D eigenvalue weighted by molar-refractivity contribution is -0.142. The van der Waals surface area contributed by atoms with Gasteiger partial charge in [-0.2, -0.15) is 13.2 Å². The summed E-state index contributed by atoms with van der Waals surface area (Å²) in [6, 6.07) is 4.70. The summed E-state index contributed by atoms with van der Waals surface area (Å²) in [6.07, 6.45) is 4.55. The normalized spacial score (nSPS) is 18.0. The molecule has 1 atom stereocenters. The Morgan fingerprint density at radius 2 is 1.93 bits per heavy atom. The Hall–Kier alpha value is -3.45. The first-order valence-corrected chi connectivity index (χ1v) is 16.6. The minimum absolute atomic E-state index is 0.161. The fourth-order valence-corrected chi connectivity index (χ4v) is 7.08. The fraction of sp³-hybridized carbons (Fsp3) is 0.562. The summed E-state index contributed by atoms with van der Waals surface area (Å²) in [7, 11) is 0. The van der Waals surface area contributed by atoms with Crippen LogP contribution in [-0.4, -0.2) is 69.8 Å². The molecule has 4 heterocycles. The summed E-state index contributed by atoms with van der Waals surface area (Å²) in [5.41, 5.74) is 0.992. The summed E-state index contributed by atoms with van der Waals surface area (Å²) in [6.45, 7) is 7.64. The van der Waals surface area contributed by atoms with Crippen molar-refractivity contribution in [2.24, 2.45) is 5.92 Å². The maximum Gasteiger partial charge on any atom is 0.419 e. The van der Waals surface area contributed by atoms with Crippen molar-refractivity contribution in [3.63, 3.8) is 0 Å². The highest BCUT2D eigenvalue weighted by Crippen LogP contribution is 2.41. The molecule has 3 aromatic rings. The van der Waals surface area contributed by atoms with Crippen LogP contribution in [0.5, 0.6) is 5.75 Å². The first-order chi connectivity index (χ1) is 21.7. The van der Waals surface area contributed by atoms with Crippen molar-refractivity contribution < 1.29 is 27.8 Å². The summed E-state index contributed by atoms with van der Waals surface area (Å²) in [4.78, 5) is 30.5. The molecule has 0 amide bonds. The van der Waals surface area contributed by atoms with Gasteiger partial charge in [-0.05, 0) is 63.3 Å². The van der Waals surface area contributed by atoms with E-state index in [0.717, 1.165) is 48.3 Å². The molecule has 0 unspecified atom stereocenters. The second kappa shape index (κ2) is 14.8. The molecule has 2 N–H and O–H groups in total. The van der Waals surface area contributed by atoms with Gasteiger partial charge in [0.25, 0.3) is 0 Å². The number of aliphatic carboxylic acids is 1. The highest BCUT2D eigenvalue weighted by atomic mass is 32.1. The third-order valence-corrected chi connectivity index (χ3v) is 9.55. The van der Waals surface area contributed by atoms with Crippen LogP contribution in [-0.2, 0) is 23.9 Å². The van der Waals surface area contributed by atoms with Gasteiger partial charge >= 0.3 is 12.1 Å². The second-order valence-corrected chi connectivity index (χ2v) is 12.7. The predicted molar refractivity (Wildman–Crippen MR) is 169 cm³/mol. The Kier molecular flexibility index (Phi) is 10.8. The van der Waals surface area contributed by atoms with Gasteiger partial charge in [0, 0.05) is 49.1 Å². The average molecular weight is 647 g/mol. The molecule has 1 aromatic carbocycles. The zero-order valence-corrected chi connectivity index (χ0v) is 26.6. The lowest BCUT2D eigenvalue weighted by Gasteiger charge is -2.30. The zero-order valence-electron chi connectivity index (χ0n) is 25.8. The van der Waals surface area contributed by atoms with Crippen molar-refractivity contribution in [3.8, 4) is 17.0 Å². The Bertz CT molecular complexity index is 1430. The highest BCUT2D eigenvalue weighted by molar-refractivity contribution is 7.16. The molecule has 2 aromatic heterocycles.